The molecule has 10 rings (SSSR count). The van der Waals surface area contributed by atoms with Crippen LogP contribution in [0.1, 0.15) is 120 Å². The van der Waals surface area contributed by atoms with Crippen molar-refractivity contribution in [3.05, 3.63) is 213 Å². The normalized spacial score (nSPS) is 14.3. The van der Waals surface area contributed by atoms with Gasteiger partial charge < -0.3 is 10.6 Å². The molecule has 2 heterocycles. The molecule has 0 fully saturated rings. The zero-order valence-corrected chi connectivity index (χ0v) is 58.2. The van der Waals surface area contributed by atoms with E-state index in [9.17, 15) is 171 Å². The molecule has 2 aliphatic rings. The number of carbonyl (C=O) groups excluding carboxylic acids is 10. The number of Topliss-reactive ketones (excluding diaryl/α,β-unsaturated/α-hetero) is 4. The molecule has 118 heavy (non-hydrogen) atoms. The molecule has 8 aromatic rings. The predicted octanol–water partition coefficient (Wildman–Crippen LogP) is 18.9. The minimum absolute atomic E-state index is 0.00791. The maximum atomic E-state index is 14.7. The third-order valence-electron chi connectivity index (χ3n) is 18.8. The Morgan fingerprint density at radius 1 is 0.280 bits per heavy atom. The van der Waals surface area contributed by atoms with Gasteiger partial charge in [-0.25, -0.2) is 0 Å². The van der Waals surface area contributed by atoms with Gasteiger partial charge in [-0.15, -0.1) is 0 Å². The summed E-state index contributed by atoms with van der Waals surface area (Å²) in [7, 11) is 0. The Balaban J connectivity index is 0.816. The van der Waals surface area contributed by atoms with E-state index >= 15 is 0 Å². The summed E-state index contributed by atoms with van der Waals surface area (Å²) in [5.41, 5.74) is -8.16. The fourth-order valence-electron chi connectivity index (χ4n) is 12.3. The summed E-state index contributed by atoms with van der Waals surface area (Å²) in [5, 5.41) is 4.66. The van der Waals surface area contributed by atoms with Gasteiger partial charge in [0.15, 0.2) is 11.6 Å². The maximum Gasteiger partial charge on any atom is 0.460 e. The van der Waals surface area contributed by atoms with Crippen LogP contribution in [0.25, 0.3) is 55.3 Å². The lowest BCUT2D eigenvalue weighted by atomic mass is 9.86. The number of halogens is 28. The molecule has 0 aliphatic carbocycles. The van der Waals surface area contributed by atoms with Crippen molar-refractivity contribution in [1.29, 1.82) is 0 Å². The molecule has 0 saturated heterocycles. The molecule has 0 unspecified atom stereocenters. The zero-order valence-electron chi connectivity index (χ0n) is 58.2. The quantitative estimate of drug-likeness (QED) is 0.0156. The van der Waals surface area contributed by atoms with E-state index in [1.54, 1.807) is 0 Å². The largest absolute Gasteiger partial charge is 0.460 e. The monoisotopic (exact) mass is 1700 g/mol. The Hall–Kier alpha value is -12.0. The van der Waals surface area contributed by atoms with E-state index in [0.29, 0.717) is 24.3 Å². The number of rotatable bonds is 28. The van der Waals surface area contributed by atoms with Gasteiger partial charge in [-0.2, -0.15) is 123 Å². The molecule has 2 N–H and O–H groups in total. The van der Waals surface area contributed by atoms with E-state index < -0.39 is 185 Å². The van der Waals surface area contributed by atoms with Crippen LogP contribution >= 0.6 is 0 Å². The van der Waals surface area contributed by atoms with Gasteiger partial charge in [-0.3, -0.25) is 57.7 Å². The van der Waals surface area contributed by atoms with Crippen LogP contribution in [0.15, 0.2) is 158 Å². The second-order valence-corrected chi connectivity index (χ2v) is 26.3. The van der Waals surface area contributed by atoms with E-state index in [2.05, 4.69) is 10.6 Å². The summed E-state index contributed by atoms with van der Waals surface area (Å²) in [6.45, 7) is -1.71. The number of hydrogen-bond donors (Lipinski definition) is 2. The lowest BCUT2D eigenvalue weighted by Gasteiger charge is -2.32. The van der Waals surface area contributed by atoms with Crippen LogP contribution in [-0.4, -0.2) is 155 Å². The van der Waals surface area contributed by atoms with Crippen LogP contribution in [0.4, 0.5) is 123 Å². The predicted molar refractivity (Wildman–Crippen MR) is 353 cm³/mol. The zero-order chi connectivity index (χ0) is 87.9. The van der Waals surface area contributed by atoms with Crippen LogP contribution in [0.3, 0.4) is 0 Å². The van der Waals surface area contributed by atoms with Crippen molar-refractivity contribution in [3.63, 3.8) is 0 Å². The fraction of sp³-hybridized carbons (Fsp3) is 0.263. The van der Waals surface area contributed by atoms with Crippen LogP contribution in [0, 0.1) is 0 Å². The Morgan fingerprint density at radius 2 is 0.517 bits per heavy atom. The lowest BCUT2D eigenvalue weighted by molar-refractivity contribution is -0.359. The second kappa shape index (κ2) is 30.8. The summed E-state index contributed by atoms with van der Waals surface area (Å²) in [6.07, 6.45) is -32.3. The lowest BCUT2D eigenvalue weighted by Crippen LogP contribution is -2.56. The smallest absolute Gasteiger partial charge is 0.352 e. The third kappa shape index (κ3) is 15.6. The van der Waals surface area contributed by atoms with Gasteiger partial charge in [0.25, 0.3) is 35.4 Å². The molecule has 0 aromatic heterocycles. The highest BCUT2D eigenvalue weighted by molar-refractivity contribution is 6.33. The molecule has 0 bridgehead atoms. The number of carbonyl (C=O) groups is 10. The fourth-order valence-corrected chi connectivity index (χ4v) is 12.3. The average molecular weight is 1710 g/mol. The number of hydrogen-bond acceptors (Lipinski definition) is 10. The van der Waals surface area contributed by atoms with Crippen molar-refractivity contribution in [2.45, 2.75) is 97.8 Å². The molecule has 0 spiro atoms. The molecule has 0 radical (unpaired) electrons. The SMILES string of the molecule is O=C(CC(=O)C(F)(F)C(F)(F)C(F)(F)F)c1ccc(-c2ccc(C(=O)NCCCN3C(=O)c4ccc5c6c(ccc(c46)C3=O)C(=O)N(CCCNC(=O)c3ccc(-c4ccc(C(F)(F)C(F)(F)C(F)(F)F)cc4)c(-c4ccc(C(F)(F)C(F)(F)C(F)(F)F)cc4)c3)C5=O)cc2-c2ccc(C(=O)CC(=O)C(F)(F)C(F)(F)C(F)(F)F)cc2)cc1. The van der Waals surface area contributed by atoms with E-state index in [1.165, 1.54) is 6.07 Å². The number of nitrogens with zero attached hydrogens (tertiary/aromatic N) is 2. The first kappa shape index (κ1) is 88.3. The summed E-state index contributed by atoms with van der Waals surface area (Å²) in [5.74, 6) is -67.2. The summed E-state index contributed by atoms with van der Waals surface area (Å²) in [4.78, 5) is 135. The first-order chi connectivity index (χ1) is 54.3. The van der Waals surface area contributed by atoms with Crippen molar-refractivity contribution in [1.82, 2.24) is 20.4 Å². The van der Waals surface area contributed by atoms with Crippen LogP contribution in [0.2, 0.25) is 0 Å². The maximum absolute atomic E-state index is 14.7. The molecule has 0 atom stereocenters. The molecule has 2 aliphatic heterocycles. The first-order valence-electron chi connectivity index (χ1n) is 33.3. The number of amides is 6. The Morgan fingerprint density at radius 3 is 0.780 bits per heavy atom. The molecule has 42 heteroatoms. The van der Waals surface area contributed by atoms with Gasteiger partial charge >= 0.3 is 72.1 Å². The number of ketones is 4. The highest BCUT2D eigenvalue weighted by Crippen LogP contribution is 2.55. The number of alkyl halides is 28. The van der Waals surface area contributed by atoms with Crippen molar-refractivity contribution < 1.29 is 171 Å². The number of nitrogens with one attached hydrogen (secondary N) is 2. The average Bonchev–Trinajstić information content (AvgIpc) is 0.710. The standard InChI is InChI=1S/C76H44F28N4O10/c77-65(78,69(85,86)73(93,94)95)43-17-11-36(12-18-43)46-22-16-42(32-52(46)38-13-19-44(20-14-38)66(79,80)70(87,88)74(96,97)98)60(114)106-28-2-30-108-63(117)49-25-23-47-57-48(24-26-50(58(49)57)64(108)118)62(116)107(61(47)115)29-1-27-105-59(113)41-15-21-45(35-3-7-39(8-4-35)53(109)33-55(111)67(81,82)71(89,90)75(99,100)101)51(31-41)37-5-9-40(10-6-37)54(110)34-56(112)68(83,84)72(91,92)76(102,103)104/h3-26,31-32H,1-2,27-30,33-34H2,(H,105,113)(H,106,114). The van der Waals surface area contributed by atoms with Gasteiger partial charge in [0.1, 0.15) is 0 Å². The van der Waals surface area contributed by atoms with E-state index in [0.717, 1.165) is 113 Å². The first-order valence-corrected chi connectivity index (χ1v) is 33.3. The van der Waals surface area contributed by atoms with Gasteiger partial charge in [0.05, 0.1) is 12.8 Å². The van der Waals surface area contributed by atoms with Gasteiger partial charge in [0.2, 0.25) is 11.6 Å². The van der Waals surface area contributed by atoms with Gasteiger partial charge in [-0.1, -0.05) is 109 Å². The summed E-state index contributed by atoms with van der Waals surface area (Å²) in [6, 6.07) is 21.0. The molecular formula is C76H44F28N4O10. The van der Waals surface area contributed by atoms with E-state index in [1.807, 2.05) is 0 Å². The highest BCUT2D eigenvalue weighted by atomic mass is 19.5. The van der Waals surface area contributed by atoms with E-state index in [4.69, 9.17) is 0 Å². The molecule has 14 nitrogen and oxygen atoms in total. The van der Waals surface area contributed by atoms with Crippen molar-refractivity contribution in [2.24, 2.45) is 0 Å². The van der Waals surface area contributed by atoms with Gasteiger partial charge in [-0.05, 0) is 106 Å². The highest BCUT2D eigenvalue weighted by Gasteiger charge is 2.78. The minimum atomic E-state index is -6.95. The van der Waals surface area contributed by atoms with Gasteiger partial charge in [0, 0.05) is 92.6 Å². The van der Waals surface area contributed by atoms with E-state index in [-0.39, 0.29) is 132 Å². The second-order valence-electron chi connectivity index (χ2n) is 26.3. The molecule has 6 amide bonds. The number of benzene rings is 8. The van der Waals surface area contributed by atoms with Crippen molar-refractivity contribution >= 4 is 69.3 Å². The minimum Gasteiger partial charge on any atom is -0.352 e. The topological polar surface area (TPSA) is 201 Å². The molecular weight excluding hydrogens is 1660 g/mol. The summed E-state index contributed by atoms with van der Waals surface area (Å²) < 4.78 is 380. The Bertz CT molecular complexity index is 5340. The third-order valence-corrected chi connectivity index (χ3v) is 18.8. The number of imide groups is 2. The Labute approximate surface area is 640 Å². The van der Waals surface area contributed by atoms with Crippen LogP contribution in [-0.2, 0) is 21.4 Å². The molecule has 0 saturated carbocycles. The van der Waals surface area contributed by atoms with Crippen LogP contribution < -0.4 is 10.6 Å². The van der Waals surface area contributed by atoms with Crippen molar-refractivity contribution in [3.8, 4) is 44.5 Å². The van der Waals surface area contributed by atoms with Crippen LogP contribution in [0.5, 0.6) is 0 Å². The molecule has 8 aromatic carbocycles. The van der Waals surface area contributed by atoms with Crippen molar-refractivity contribution in [2.75, 3.05) is 26.2 Å². The Kier molecular flexibility index (Phi) is 23.0. The molecule has 624 valence electrons. The summed E-state index contributed by atoms with van der Waals surface area (Å²) >= 11 is 0.